The zero-order chi connectivity index (χ0) is 22.9. The number of hydrogen-bond acceptors (Lipinski definition) is 7. The molecule has 0 bridgehead atoms. The van der Waals surface area contributed by atoms with Crippen LogP contribution in [-0.2, 0) is 30.2 Å². The molecule has 0 heterocycles. The number of esters is 2. The number of ether oxygens (including phenoxy) is 3. The molecular formula is C22H33N3O6. The van der Waals surface area contributed by atoms with Crippen LogP contribution < -0.4 is 5.32 Å². The van der Waals surface area contributed by atoms with E-state index in [1.165, 1.54) is 17.5 Å². The van der Waals surface area contributed by atoms with Crippen LogP contribution in [0.4, 0.5) is 4.79 Å². The second-order valence-corrected chi connectivity index (χ2v) is 6.95. The molecule has 0 aliphatic rings. The quantitative estimate of drug-likeness (QED) is 0.161. The van der Waals surface area contributed by atoms with Gasteiger partial charge in [0.05, 0.1) is 19.8 Å². The van der Waals surface area contributed by atoms with Crippen molar-refractivity contribution in [3.05, 3.63) is 35.9 Å². The first-order valence-corrected chi connectivity index (χ1v) is 10.5. The van der Waals surface area contributed by atoms with E-state index in [1.807, 2.05) is 37.3 Å². The van der Waals surface area contributed by atoms with Gasteiger partial charge in [-0.1, -0.05) is 43.7 Å². The topological polar surface area (TPSA) is 118 Å². The number of nitrogens with one attached hydrogen (secondary N) is 2. The van der Waals surface area contributed by atoms with Crippen molar-refractivity contribution in [3.8, 4) is 0 Å². The fraction of sp³-hybridized carbons (Fsp3) is 0.545. The average Bonchev–Trinajstić information content (AvgIpc) is 2.74. The molecule has 2 N–H and O–H groups in total. The molecule has 0 fully saturated rings. The molecule has 0 aliphatic carbocycles. The number of benzene rings is 1. The molecule has 31 heavy (non-hydrogen) atoms. The van der Waals surface area contributed by atoms with Gasteiger partial charge in [0.2, 0.25) is 5.96 Å². The van der Waals surface area contributed by atoms with Gasteiger partial charge in [-0.05, 0) is 24.8 Å². The molecule has 9 nitrogen and oxygen atoms in total. The fourth-order valence-corrected chi connectivity index (χ4v) is 2.44. The number of guanidine groups is 1. The van der Waals surface area contributed by atoms with Crippen LogP contribution in [0.1, 0.15) is 44.6 Å². The number of carbonyl (C=O) groups is 3. The third-order valence-corrected chi connectivity index (χ3v) is 4.20. The normalized spacial score (nSPS) is 10.1. The Labute approximate surface area is 183 Å². The first-order chi connectivity index (χ1) is 14.9. The standard InChI is InChI=1S/C22H33N3O6/c1-3-4-14-30-20(27)17-25(2)21(23)24-22(28)31-16-9-15-29-19(26)13-8-12-18-10-6-5-7-11-18/h5-7,10-11H,3-4,8-9,12-17H2,1-2H3,(H2,23,24,28). The summed E-state index contributed by atoms with van der Waals surface area (Å²) < 4.78 is 15.1. The summed E-state index contributed by atoms with van der Waals surface area (Å²) in [5.74, 6) is -1.03. The molecule has 0 saturated heterocycles. The van der Waals surface area contributed by atoms with E-state index in [0.717, 1.165) is 19.3 Å². The zero-order valence-corrected chi connectivity index (χ0v) is 18.4. The fourth-order valence-electron chi connectivity index (χ4n) is 2.44. The molecule has 0 radical (unpaired) electrons. The molecule has 0 unspecified atom stereocenters. The SMILES string of the molecule is CCCCOC(=O)CN(C)C(=N)NC(=O)OCCCOC(=O)CCCc1ccccc1. The molecule has 0 aromatic heterocycles. The number of hydrogen-bond donors (Lipinski definition) is 2. The smallest absolute Gasteiger partial charge is 0.413 e. The highest BCUT2D eigenvalue weighted by Gasteiger charge is 2.14. The Bertz CT molecular complexity index is 696. The van der Waals surface area contributed by atoms with Crippen LogP contribution >= 0.6 is 0 Å². The molecule has 1 aromatic carbocycles. The second-order valence-electron chi connectivity index (χ2n) is 6.95. The van der Waals surface area contributed by atoms with Crippen LogP contribution in [-0.4, -0.2) is 62.3 Å². The molecule has 0 atom stereocenters. The molecule has 1 amide bonds. The van der Waals surface area contributed by atoms with Gasteiger partial charge in [-0.25, -0.2) is 4.79 Å². The van der Waals surface area contributed by atoms with Gasteiger partial charge < -0.3 is 19.1 Å². The Morgan fingerprint density at radius 2 is 1.58 bits per heavy atom. The highest BCUT2D eigenvalue weighted by molar-refractivity contribution is 5.93. The van der Waals surface area contributed by atoms with E-state index >= 15 is 0 Å². The molecule has 0 saturated carbocycles. The summed E-state index contributed by atoms with van der Waals surface area (Å²) >= 11 is 0. The molecular weight excluding hydrogens is 402 g/mol. The maximum Gasteiger partial charge on any atom is 0.413 e. The number of unbranched alkanes of at least 4 members (excludes halogenated alkanes) is 1. The molecule has 1 aromatic rings. The summed E-state index contributed by atoms with van der Waals surface area (Å²) in [5, 5.41) is 10.00. The van der Waals surface area contributed by atoms with Crippen molar-refractivity contribution in [2.75, 3.05) is 33.4 Å². The number of alkyl carbamates (subject to hydrolysis) is 1. The van der Waals surface area contributed by atoms with Gasteiger partial charge in [0.1, 0.15) is 6.54 Å². The van der Waals surface area contributed by atoms with Crippen molar-refractivity contribution in [1.82, 2.24) is 10.2 Å². The first-order valence-electron chi connectivity index (χ1n) is 10.5. The third-order valence-electron chi connectivity index (χ3n) is 4.20. The molecule has 9 heteroatoms. The summed E-state index contributed by atoms with van der Waals surface area (Å²) in [6, 6.07) is 9.92. The minimum atomic E-state index is -0.814. The molecule has 0 spiro atoms. The zero-order valence-electron chi connectivity index (χ0n) is 18.4. The van der Waals surface area contributed by atoms with E-state index < -0.39 is 12.1 Å². The van der Waals surface area contributed by atoms with Crippen molar-refractivity contribution < 1.29 is 28.6 Å². The maximum atomic E-state index is 11.7. The van der Waals surface area contributed by atoms with Crippen LogP contribution in [0.5, 0.6) is 0 Å². The summed E-state index contributed by atoms with van der Waals surface area (Å²) in [5.41, 5.74) is 1.18. The lowest BCUT2D eigenvalue weighted by atomic mass is 10.1. The van der Waals surface area contributed by atoms with Crippen molar-refractivity contribution in [2.45, 2.75) is 45.4 Å². The van der Waals surface area contributed by atoms with E-state index in [9.17, 15) is 14.4 Å². The lowest BCUT2D eigenvalue weighted by Gasteiger charge is -2.19. The minimum absolute atomic E-state index is 0.0409. The van der Waals surface area contributed by atoms with Crippen LogP contribution in [0.25, 0.3) is 0 Å². The van der Waals surface area contributed by atoms with Crippen molar-refractivity contribution in [1.29, 1.82) is 5.41 Å². The molecule has 0 aliphatic heterocycles. The van der Waals surface area contributed by atoms with E-state index in [1.54, 1.807) is 0 Å². The van der Waals surface area contributed by atoms with E-state index in [0.29, 0.717) is 25.9 Å². The van der Waals surface area contributed by atoms with Gasteiger partial charge in [-0.15, -0.1) is 0 Å². The van der Waals surface area contributed by atoms with Gasteiger partial charge in [-0.3, -0.25) is 20.3 Å². The summed E-state index contributed by atoms with van der Waals surface area (Å²) in [6.45, 7) is 2.37. The van der Waals surface area contributed by atoms with Gasteiger partial charge in [0.25, 0.3) is 0 Å². The Hall–Kier alpha value is -3.10. The average molecular weight is 436 g/mol. The predicted octanol–water partition coefficient (Wildman–Crippen LogP) is 2.88. The third kappa shape index (κ3) is 12.9. The van der Waals surface area contributed by atoms with Crippen LogP contribution in [0.3, 0.4) is 0 Å². The number of carbonyl (C=O) groups excluding carboxylic acids is 3. The van der Waals surface area contributed by atoms with Gasteiger partial charge in [0.15, 0.2) is 0 Å². The van der Waals surface area contributed by atoms with Crippen molar-refractivity contribution in [2.24, 2.45) is 0 Å². The Morgan fingerprint density at radius 3 is 2.29 bits per heavy atom. The Kier molecular flexibility index (Phi) is 13.1. The summed E-state index contributed by atoms with van der Waals surface area (Å²) in [6.07, 6.45) is 3.09. The van der Waals surface area contributed by atoms with Crippen LogP contribution in [0.15, 0.2) is 30.3 Å². The van der Waals surface area contributed by atoms with Crippen molar-refractivity contribution in [3.63, 3.8) is 0 Å². The van der Waals surface area contributed by atoms with Gasteiger partial charge >= 0.3 is 18.0 Å². The van der Waals surface area contributed by atoms with E-state index in [2.05, 4.69) is 5.32 Å². The molecule has 1 rings (SSSR count). The maximum absolute atomic E-state index is 11.7. The van der Waals surface area contributed by atoms with Crippen LogP contribution in [0, 0.1) is 5.41 Å². The Balaban J connectivity index is 2.06. The van der Waals surface area contributed by atoms with Gasteiger partial charge in [0, 0.05) is 19.9 Å². The lowest BCUT2D eigenvalue weighted by Crippen LogP contribution is -2.44. The number of amides is 1. The first kappa shape index (κ1) is 25.9. The van der Waals surface area contributed by atoms with E-state index in [4.69, 9.17) is 19.6 Å². The summed E-state index contributed by atoms with van der Waals surface area (Å²) in [4.78, 5) is 36.3. The number of nitrogens with zero attached hydrogens (tertiary/aromatic N) is 1. The molecule has 172 valence electrons. The number of rotatable bonds is 13. The largest absolute Gasteiger partial charge is 0.466 e. The van der Waals surface area contributed by atoms with Crippen LogP contribution in [0.2, 0.25) is 0 Å². The lowest BCUT2D eigenvalue weighted by molar-refractivity contribution is -0.144. The van der Waals surface area contributed by atoms with Gasteiger partial charge in [-0.2, -0.15) is 0 Å². The Morgan fingerprint density at radius 1 is 0.935 bits per heavy atom. The monoisotopic (exact) mass is 435 g/mol. The predicted molar refractivity (Wildman–Crippen MR) is 116 cm³/mol. The summed E-state index contributed by atoms with van der Waals surface area (Å²) in [7, 11) is 1.49. The number of likely N-dealkylation sites (N-methyl/N-ethyl adjacent to an activating group) is 1. The van der Waals surface area contributed by atoms with Crippen molar-refractivity contribution >= 4 is 24.0 Å². The number of aryl methyl sites for hydroxylation is 1. The highest BCUT2D eigenvalue weighted by atomic mass is 16.6. The minimum Gasteiger partial charge on any atom is -0.466 e. The van der Waals surface area contributed by atoms with E-state index in [-0.39, 0.29) is 31.7 Å². The highest BCUT2D eigenvalue weighted by Crippen LogP contribution is 2.05. The second kappa shape index (κ2) is 15.7.